The number of aromatic nitrogens is 3. The molecule has 1 aromatic rings. The molecule has 6 heteroatoms. The molecule has 2 N–H and O–H groups in total. The molecular formula is C9H16N6. The summed E-state index contributed by atoms with van der Waals surface area (Å²) in [6, 6.07) is 0. The van der Waals surface area contributed by atoms with Gasteiger partial charge < -0.3 is 15.2 Å². The Hall–Kier alpha value is -1.59. The number of rotatable bonds is 3. The summed E-state index contributed by atoms with van der Waals surface area (Å²) in [6.45, 7) is 5.52. The van der Waals surface area contributed by atoms with Crippen LogP contribution in [0.25, 0.3) is 0 Å². The summed E-state index contributed by atoms with van der Waals surface area (Å²) in [6.07, 6.45) is 2.85. The van der Waals surface area contributed by atoms with Crippen LogP contribution in [-0.4, -0.2) is 33.8 Å². The van der Waals surface area contributed by atoms with Gasteiger partial charge in [0, 0.05) is 19.6 Å². The molecule has 0 amide bonds. The maximum atomic E-state index is 4.32. The number of nitrogens with one attached hydrogen (secondary N) is 2. The summed E-state index contributed by atoms with van der Waals surface area (Å²) < 4.78 is 2.01. The smallest absolute Gasteiger partial charge is 0.191 e. The molecule has 2 rings (SSSR count). The standard InChI is InChI=1S/C9H16N6/c1-2-15-7-13-14-8(15)6-12-9-10-4-3-5-11-9/h7H,2-6H2,1H3,(H2,10,11,12). The molecule has 0 spiro atoms. The van der Waals surface area contributed by atoms with Crippen LogP contribution in [0.15, 0.2) is 11.3 Å². The Morgan fingerprint density at radius 1 is 1.60 bits per heavy atom. The van der Waals surface area contributed by atoms with E-state index in [1.54, 1.807) is 6.33 Å². The fourth-order valence-corrected chi connectivity index (χ4v) is 1.49. The minimum absolute atomic E-state index is 0.666. The van der Waals surface area contributed by atoms with Crippen LogP contribution >= 0.6 is 0 Å². The van der Waals surface area contributed by atoms with Crippen molar-refractivity contribution >= 4 is 5.96 Å². The Kier molecular flexibility index (Phi) is 3.16. The van der Waals surface area contributed by atoms with Gasteiger partial charge in [-0.3, -0.25) is 4.99 Å². The van der Waals surface area contributed by atoms with Gasteiger partial charge in [-0.05, 0) is 13.3 Å². The first-order valence-electron chi connectivity index (χ1n) is 5.29. The van der Waals surface area contributed by atoms with Crippen LogP contribution in [0.1, 0.15) is 19.2 Å². The maximum Gasteiger partial charge on any atom is 0.191 e. The van der Waals surface area contributed by atoms with E-state index in [2.05, 4.69) is 32.7 Å². The molecule has 1 aliphatic rings. The van der Waals surface area contributed by atoms with Crippen molar-refractivity contribution in [3.8, 4) is 0 Å². The fourth-order valence-electron chi connectivity index (χ4n) is 1.49. The lowest BCUT2D eigenvalue weighted by Gasteiger charge is -2.15. The fraction of sp³-hybridized carbons (Fsp3) is 0.667. The summed E-state index contributed by atoms with van der Waals surface area (Å²) in [5, 5.41) is 14.3. The van der Waals surface area contributed by atoms with Gasteiger partial charge in [-0.25, -0.2) is 0 Å². The molecule has 1 aliphatic heterocycles. The molecule has 0 atom stereocenters. The minimum atomic E-state index is 0.666. The molecule has 0 saturated carbocycles. The van der Waals surface area contributed by atoms with Crippen molar-refractivity contribution in [3.05, 3.63) is 12.2 Å². The van der Waals surface area contributed by atoms with Crippen molar-refractivity contribution in [2.75, 3.05) is 13.1 Å². The third-order valence-electron chi connectivity index (χ3n) is 2.35. The summed E-state index contributed by atoms with van der Waals surface area (Å²) in [5.74, 6) is 1.81. The maximum absolute atomic E-state index is 4.32. The van der Waals surface area contributed by atoms with Gasteiger partial charge in [0.2, 0.25) is 0 Å². The average Bonchev–Trinajstić information content (AvgIpc) is 2.75. The largest absolute Gasteiger partial charge is 0.356 e. The number of aliphatic imine (C=N–C) groups is 1. The zero-order chi connectivity index (χ0) is 10.5. The lowest BCUT2D eigenvalue weighted by atomic mass is 10.4. The second-order valence-corrected chi connectivity index (χ2v) is 3.40. The number of hydrogen-bond acceptors (Lipinski definition) is 5. The van der Waals surface area contributed by atoms with E-state index >= 15 is 0 Å². The molecular weight excluding hydrogens is 192 g/mol. The third-order valence-corrected chi connectivity index (χ3v) is 2.35. The molecule has 6 nitrogen and oxygen atoms in total. The Bertz CT molecular complexity index is 342. The molecule has 2 heterocycles. The lowest BCUT2D eigenvalue weighted by Crippen LogP contribution is -2.40. The predicted octanol–water partition coefficient (Wildman–Crippen LogP) is -0.263. The SMILES string of the molecule is CCn1cnnc1CNC1=NCCCN1. The topological polar surface area (TPSA) is 67.1 Å². The van der Waals surface area contributed by atoms with Gasteiger partial charge >= 0.3 is 0 Å². The van der Waals surface area contributed by atoms with E-state index in [1.165, 1.54) is 0 Å². The highest BCUT2D eigenvalue weighted by Gasteiger charge is 2.06. The summed E-state index contributed by atoms with van der Waals surface area (Å²) in [7, 11) is 0. The van der Waals surface area contributed by atoms with E-state index in [1.807, 2.05) is 4.57 Å². The first kappa shape index (κ1) is 9.95. The van der Waals surface area contributed by atoms with Crippen molar-refractivity contribution in [3.63, 3.8) is 0 Å². The van der Waals surface area contributed by atoms with Crippen LogP contribution in [0.4, 0.5) is 0 Å². The molecule has 0 aliphatic carbocycles. The minimum Gasteiger partial charge on any atom is -0.356 e. The Morgan fingerprint density at radius 3 is 3.27 bits per heavy atom. The van der Waals surface area contributed by atoms with Gasteiger partial charge in [0.05, 0.1) is 6.54 Å². The average molecular weight is 208 g/mol. The zero-order valence-electron chi connectivity index (χ0n) is 8.90. The second kappa shape index (κ2) is 4.77. The van der Waals surface area contributed by atoms with E-state index in [0.717, 1.165) is 37.8 Å². The molecule has 15 heavy (non-hydrogen) atoms. The van der Waals surface area contributed by atoms with E-state index in [9.17, 15) is 0 Å². The Morgan fingerprint density at radius 2 is 2.53 bits per heavy atom. The highest BCUT2D eigenvalue weighted by Crippen LogP contribution is 1.94. The van der Waals surface area contributed by atoms with Crippen molar-refractivity contribution < 1.29 is 0 Å². The Balaban J connectivity index is 1.89. The monoisotopic (exact) mass is 208 g/mol. The predicted molar refractivity (Wildman–Crippen MR) is 57.5 cm³/mol. The third kappa shape index (κ3) is 2.45. The van der Waals surface area contributed by atoms with E-state index in [-0.39, 0.29) is 0 Å². The van der Waals surface area contributed by atoms with Gasteiger partial charge in [-0.15, -0.1) is 10.2 Å². The molecule has 0 bridgehead atoms. The normalized spacial score (nSPS) is 15.7. The van der Waals surface area contributed by atoms with Crippen molar-refractivity contribution in [1.82, 2.24) is 25.4 Å². The summed E-state index contributed by atoms with van der Waals surface area (Å²) in [5.41, 5.74) is 0. The summed E-state index contributed by atoms with van der Waals surface area (Å²) >= 11 is 0. The molecule has 1 aromatic heterocycles. The van der Waals surface area contributed by atoms with Crippen LogP contribution in [-0.2, 0) is 13.1 Å². The van der Waals surface area contributed by atoms with E-state index in [0.29, 0.717) is 6.54 Å². The zero-order valence-corrected chi connectivity index (χ0v) is 8.90. The van der Waals surface area contributed by atoms with Gasteiger partial charge in [-0.1, -0.05) is 0 Å². The van der Waals surface area contributed by atoms with Crippen molar-refractivity contribution in [2.45, 2.75) is 26.4 Å². The summed E-state index contributed by atoms with van der Waals surface area (Å²) in [4.78, 5) is 4.32. The van der Waals surface area contributed by atoms with Gasteiger partial charge in [0.1, 0.15) is 6.33 Å². The second-order valence-electron chi connectivity index (χ2n) is 3.40. The van der Waals surface area contributed by atoms with Crippen LogP contribution in [0.2, 0.25) is 0 Å². The first-order valence-corrected chi connectivity index (χ1v) is 5.29. The van der Waals surface area contributed by atoms with E-state index in [4.69, 9.17) is 0 Å². The molecule has 0 saturated heterocycles. The quantitative estimate of drug-likeness (QED) is 0.718. The number of guanidine groups is 1. The molecule has 0 unspecified atom stereocenters. The van der Waals surface area contributed by atoms with Crippen LogP contribution in [0, 0.1) is 0 Å². The molecule has 0 aromatic carbocycles. The van der Waals surface area contributed by atoms with Gasteiger partial charge in [0.15, 0.2) is 11.8 Å². The Labute approximate surface area is 88.8 Å². The highest BCUT2D eigenvalue weighted by molar-refractivity contribution is 5.80. The van der Waals surface area contributed by atoms with Crippen molar-refractivity contribution in [1.29, 1.82) is 0 Å². The van der Waals surface area contributed by atoms with Crippen molar-refractivity contribution in [2.24, 2.45) is 4.99 Å². The van der Waals surface area contributed by atoms with Crippen LogP contribution in [0.3, 0.4) is 0 Å². The molecule has 82 valence electrons. The van der Waals surface area contributed by atoms with Gasteiger partial charge in [0.25, 0.3) is 0 Å². The molecule has 0 radical (unpaired) electrons. The molecule has 0 fully saturated rings. The van der Waals surface area contributed by atoms with Crippen LogP contribution in [0.5, 0.6) is 0 Å². The number of aryl methyl sites for hydroxylation is 1. The number of nitrogens with zero attached hydrogens (tertiary/aromatic N) is 4. The first-order chi connectivity index (χ1) is 7.40. The van der Waals surface area contributed by atoms with Crippen LogP contribution < -0.4 is 10.6 Å². The van der Waals surface area contributed by atoms with Gasteiger partial charge in [-0.2, -0.15) is 0 Å². The number of hydrogen-bond donors (Lipinski definition) is 2. The highest BCUT2D eigenvalue weighted by atomic mass is 15.3. The van der Waals surface area contributed by atoms with E-state index < -0.39 is 0 Å². The lowest BCUT2D eigenvalue weighted by molar-refractivity contribution is 0.653.